The molecule has 0 aliphatic carbocycles. The van der Waals surface area contributed by atoms with Crippen LogP contribution >= 0.6 is 0 Å². The Morgan fingerprint density at radius 3 is 2.26 bits per heavy atom. The van der Waals surface area contributed by atoms with Crippen molar-refractivity contribution < 1.29 is 13.5 Å². The molecule has 1 unspecified atom stereocenters. The molecule has 0 radical (unpaired) electrons. The molecule has 3 aromatic carbocycles. The van der Waals surface area contributed by atoms with Gasteiger partial charge in [0.05, 0.1) is 12.6 Å². The van der Waals surface area contributed by atoms with Gasteiger partial charge in [-0.05, 0) is 59.5 Å². The Bertz CT molecular complexity index is 1440. The number of hydrogen-bond donors (Lipinski definition) is 1. The molecule has 0 saturated carbocycles. The molecule has 2 heterocycles. The van der Waals surface area contributed by atoms with Crippen LogP contribution in [0, 0.1) is 6.92 Å². The number of fused-ring (bicyclic) bond motifs is 3. The third-order valence-corrected chi connectivity index (χ3v) is 6.23. The van der Waals surface area contributed by atoms with E-state index in [1.54, 1.807) is 13.3 Å². The normalized spacial score (nSPS) is 12.4. The molecule has 5 nitrogen and oxygen atoms in total. The number of hydrogen-bond acceptors (Lipinski definition) is 3. The van der Waals surface area contributed by atoms with Gasteiger partial charge < -0.3 is 4.74 Å². The van der Waals surface area contributed by atoms with Crippen molar-refractivity contribution in [1.82, 2.24) is 8.96 Å². The summed E-state index contributed by atoms with van der Waals surface area (Å²) in [6.45, 7) is 2.05. The van der Waals surface area contributed by atoms with Crippen LogP contribution in [0.4, 0.5) is 0 Å². The fourth-order valence-electron chi connectivity index (χ4n) is 3.99. The number of aromatic nitrogens is 2. The second-order valence-electron chi connectivity index (χ2n) is 7.41. The van der Waals surface area contributed by atoms with E-state index in [1.807, 2.05) is 49.4 Å². The van der Waals surface area contributed by atoms with Gasteiger partial charge in [-0.15, -0.1) is 0 Å². The van der Waals surface area contributed by atoms with E-state index in [9.17, 15) is 8.76 Å². The Morgan fingerprint density at radius 1 is 0.903 bits per heavy atom. The second-order valence-corrected chi connectivity index (χ2v) is 8.24. The van der Waals surface area contributed by atoms with E-state index in [-0.39, 0.29) is 0 Å². The molecule has 0 aliphatic heterocycles. The van der Waals surface area contributed by atoms with Crippen LogP contribution in [-0.4, -0.2) is 24.8 Å². The van der Waals surface area contributed by atoms with Gasteiger partial charge in [0, 0.05) is 17.0 Å². The molecular formula is C25H20N2O3S. The van der Waals surface area contributed by atoms with Crippen molar-refractivity contribution in [3.63, 3.8) is 0 Å². The molecule has 0 fully saturated rings. The number of aryl methyl sites for hydroxylation is 1. The minimum absolute atomic E-state index is 0.487. The minimum atomic E-state index is -2.23. The Morgan fingerprint density at radius 2 is 1.58 bits per heavy atom. The summed E-state index contributed by atoms with van der Waals surface area (Å²) in [6, 6.07) is 24.0. The number of nitrogens with zero attached hydrogens (tertiary/aromatic N) is 2. The molecule has 0 amide bonds. The Balaban J connectivity index is 1.82. The van der Waals surface area contributed by atoms with Crippen molar-refractivity contribution in [2.75, 3.05) is 7.11 Å². The molecule has 2 aromatic heterocycles. The van der Waals surface area contributed by atoms with Crippen LogP contribution in [0.25, 0.3) is 44.2 Å². The van der Waals surface area contributed by atoms with Crippen LogP contribution in [0.5, 0.6) is 5.75 Å². The van der Waals surface area contributed by atoms with Crippen LogP contribution in [0.15, 0.2) is 79.0 Å². The molecule has 0 bridgehead atoms. The average Bonchev–Trinajstić information content (AvgIpc) is 3.14. The molecular weight excluding hydrogens is 408 g/mol. The van der Waals surface area contributed by atoms with Gasteiger partial charge in [0.25, 0.3) is 11.3 Å². The number of pyridine rings is 1. The zero-order valence-corrected chi connectivity index (χ0v) is 17.9. The first-order valence-electron chi connectivity index (χ1n) is 9.83. The van der Waals surface area contributed by atoms with Gasteiger partial charge in [0.15, 0.2) is 5.65 Å². The van der Waals surface area contributed by atoms with Crippen molar-refractivity contribution in [3.05, 3.63) is 84.6 Å². The summed E-state index contributed by atoms with van der Waals surface area (Å²) >= 11 is -2.23. The van der Waals surface area contributed by atoms with E-state index < -0.39 is 11.3 Å². The second kappa shape index (κ2) is 7.65. The lowest BCUT2D eigenvalue weighted by atomic mass is 9.98. The predicted octanol–water partition coefficient (Wildman–Crippen LogP) is 5.83. The molecule has 1 N–H and O–H groups in total. The van der Waals surface area contributed by atoms with Crippen LogP contribution in [0.2, 0.25) is 0 Å². The maximum atomic E-state index is 12.2. The SMILES string of the molecule is COc1ccc(-c2ccc3c(c2)c2c(-c4ccc(C)cc4)ccnc2n3S(=O)O)cc1. The van der Waals surface area contributed by atoms with Crippen molar-refractivity contribution in [3.8, 4) is 28.0 Å². The van der Waals surface area contributed by atoms with Gasteiger partial charge in [-0.2, -0.15) is 0 Å². The lowest BCUT2D eigenvalue weighted by Gasteiger charge is -2.06. The molecule has 154 valence electrons. The molecule has 0 saturated heterocycles. The Labute approximate surface area is 182 Å². The Kier molecular flexibility index (Phi) is 4.81. The highest BCUT2D eigenvalue weighted by atomic mass is 32.2. The van der Waals surface area contributed by atoms with Crippen molar-refractivity contribution >= 4 is 33.2 Å². The summed E-state index contributed by atoms with van der Waals surface area (Å²) in [6.07, 6.45) is 1.68. The van der Waals surface area contributed by atoms with Crippen molar-refractivity contribution in [1.29, 1.82) is 0 Å². The highest BCUT2D eigenvalue weighted by Crippen LogP contribution is 2.38. The first kappa shape index (κ1) is 19.5. The summed E-state index contributed by atoms with van der Waals surface area (Å²) < 4.78 is 28.9. The molecule has 0 aliphatic rings. The molecule has 1 atom stereocenters. The number of ether oxygens (including phenoxy) is 1. The number of rotatable bonds is 4. The molecule has 31 heavy (non-hydrogen) atoms. The summed E-state index contributed by atoms with van der Waals surface area (Å²) in [5.74, 6) is 0.794. The van der Waals surface area contributed by atoms with E-state index >= 15 is 0 Å². The fourth-order valence-corrected chi connectivity index (χ4v) is 4.61. The highest BCUT2D eigenvalue weighted by molar-refractivity contribution is 7.78. The van der Waals surface area contributed by atoms with Crippen LogP contribution in [-0.2, 0) is 11.3 Å². The topological polar surface area (TPSA) is 64.4 Å². The minimum Gasteiger partial charge on any atom is -0.497 e. The first-order chi connectivity index (χ1) is 15.1. The third-order valence-electron chi connectivity index (χ3n) is 5.55. The van der Waals surface area contributed by atoms with Crippen LogP contribution in [0.1, 0.15) is 5.56 Å². The van der Waals surface area contributed by atoms with E-state index in [2.05, 4.69) is 35.3 Å². The van der Waals surface area contributed by atoms with Crippen molar-refractivity contribution in [2.45, 2.75) is 6.92 Å². The number of benzene rings is 3. The smallest absolute Gasteiger partial charge is 0.267 e. The lowest BCUT2D eigenvalue weighted by Crippen LogP contribution is -2.02. The third kappa shape index (κ3) is 3.30. The molecule has 5 aromatic rings. The van der Waals surface area contributed by atoms with E-state index in [0.717, 1.165) is 38.8 Å². The van der Waals surface area contributed by atoms with Gasteiger partial charge in [-0.25, -0.2) is 13.2 Å². The van der Waals surface area contributed by atoms with E-state index in [4.69, 9.17) is 4.74 Å². The zero-order chi connectivity index (χ0) is 21.5. The largest absolute Gasteiger partial charge is 0.497 e. The van der Waals surface area contributed by atoms with Crippen LogP contribution < -0.4 is 4.74 Å². The molecule has 0 spiro atoms. The van der Waals surface area contributed by atoms with E-state index in [1.165, 1.54) is 9.54 Å². The van der Waals surface area contributed by atoms with E-state index in [0.29, 0.717) is 11.2 Å². The van der Waals surface area contributed by atoms with Gasteiger partial charge in [0.2, 0.25) is 0 Å². The van der Waals surface area contributed by atoms with Gasteiger partial charge in [-0.3, -0.25) is 4.55 Å². The van der Waals surface area contributed by atoms with Crippen LogP contribution in [0.3, 0.4) is 0 Å². The Hall–Kier alpha value is -3.48. The quantitative estimate of drug-likeness (QED) is 0.366. The van der Waals surface area contributed by atoms with Gasteiger partial charge in [0.1, 0.15) is 5.75 Å². The van der Waals surface area contributed by atoms with Crippen molar-refractivity contribution in [2.24, 2.45) is 0 Å². The first-order valence-corrected chi connectivity index (χ1v) is 10.9. The predicted molar refractivity (Wildman–Crippen MR) is 126 cm³/mol. The summed E-state index contributed by atoms with van der Waals surface area (Å²) in [7, 11) is 1.64. The maximum absolute atomic E-state index is 12.2. The van der Waals surface area contributed by atoms with Gasteiger partial charge >= 0.3 is 0 Å². The standard InChI is InChI=1S/C25H20N2O3S/c1-16-3-5-18(6-4-16)21-13-14-26-25-24(21)22-15-19(9-12-23(22)27(25)31(28)29)17-7-10-20(30-2)11-8-17/h3-15H,1-2H3,(H,28,29). The molecule has 5 rings (SSSR count). The fraction of sp³-hybridized carbons (Fsp3) is 0.0800. The van der Waals surface area contributed by atoms with Gasteiger partial charge in [-0.1, -0.05) is 48.0 Å². The zero-order valence-electron chi connectivity index (χ0n) is 17.1. The summed E-state index contributed by atoms with van der Waals surface area (Å²) in [5, 5.41) is 1.74. The molecule has 6 heteroatoms. The summed E-state index contributed by atoms with van der Waals surface area (Å²) in [5.41, 5.74) is 6.39. The lowest BCUT2D eigenvalue weighted by molar-refractivity contribution is 0.415. The highest BCUT2D eigenvalue weighted by Gasteiger charge is 2.19. The maximum Gasteiger partial charge on any atom is 0.267 e. The monoisotopic (exact) mass is 428 g/mol. The number of methoxy groups -OCH3 is 1. The summed E-state index contributed by atoms with van der Waals surface area (Å²) in [4.78, 5) is 4.46. The average molecular weight is 429 g/mol.